The molecule has 1 heteroatoms. The van der Waals surface area contributed by atoms with Crippen LogP contribution >= 0.6 is 0 Å². The fourth-order valence-electron chi connectivity index (χ4n) is 4.68. The predicted octanol–water partition coefficient (Wildman–Crippen LogP) is 2.59. The van der Waals surface area contributed by atoms with Crippen LogP contribution in [0.3, 0.4) is 0 Å². The molecule has 1 nitrogen and oxygen atoms in total. The fraction of sp³-hybridized carbons (Fsp3) is 0.643. The Morgan fingerprint density at radius 2 is 1.87 bits per heavy atom. The Kier molecular flexibility index (Phi) is 1.46. The van der Waals surface area contributed by atoms with E-state index in [-0.39, 0.29) is 0 Å². The van der Waals surface area contributed by atoms with E-state index in [1.807, 2.05) is 0 Å². The Morgan fingerprint density at radius 3 is 2.80 bits per heavy atom. The van der Waals surface area contributed by atoms with Gasteiger partial charge < -0.3 is 0 Å². The molecule has 0 spiro atoms. The van der Waals surface area contributed by atoms with Crippen molar-refractivity contribution in [3.63, 3.8) is 0 Å². The second-order valence-electron chi connectivity index (χ2n) is 5.67. The van der Waals surface area contributed by atoms with E-state index in [0.29, 0.717) is 35.4 Å². The highest BCUT2D eigenvalue weighted by molar-refractivity contribution is 5.88. The number of Topliss-reactive ketones (excluding diaryl/α,β-unsaturated/α-hetero) is 1. The lowest BCUT2D eigenvalue weighted by atomic mass is 9.76. The van der Waals surface area contributed by atoms with Gasteiger partial charge in [-0.1, -0.05) is 24.3 Å². The average Bonchev–Trinajstić information content (AvgIpc) is 2.92. The van der Waals surface area contributed by atoms with E-state index in [1.54, 1.807) is 0 Å². The quantitative estimate of drug-likeness (QED) is 0.549. The van der Waals surface area contributed by atoms with E-state index in [1.165, 1.54) is 6.42 Å². The molecule has 5 unspecified atom stereocenters. The van der Waals surface area contributed by atoms with Gasteiger partial charge in [-0.05, 0) is 42.9 Å². The van der Waals surface area contributed by atoms with Gasteiger partial charge in [-0.3, -0.25) is 4.79 Å². The van der Waals surface area contributed by atoms with Crippen LogP contribution < -0.4 is 0 Å². The summed E-state index contributed by atoms with van der Waals surface area (Å²) in [5.74, 6) is 4.15. The van der Waals surface area contributed by atoms with Gasteiger partial charge in [0, 0.05) is 11.8 Å². The Bertz CT molecular complexity index is 379. The Hall–Kier alpha value is -0.850. The van der Waals surface area contributed by atoms with Crippen molar-refractivity contribution in [1.82, 2.24) is 0 Å². The van der Waals surface area contributed by atoms with Gasteiger partial charge in [0.2, 0.25) is 0 Å². The standard InChI is InChI=1S/C14H16O/c15-14-11-4-2-1-3-10(11)12-8-5-6-9(7-8)13(12)14/h1-2,5-6,8-13H,3-4,7H2/t8?,9-,10?,11?,12?,13?/m1/s1. The first-order chi connectivity index (χ1) is 7.36. The lowest BCUT2D eigenvalue weighted by Gasteiger charge is -2.27. The lowest BCUT2D eigenvalue weighted by Crippen LogP contribution is -2.22. The van der Waals surface area contributed by atoms with Crippen LogP contribution in [0.1, 0.15) is 19.3 Å². The summed E-state index contributed by atoms with van der Waals surface area (Å²) in [5.41, 5.74) is 0. The number of carbonyl (C=O) groups excluding carboxylic acids is 1. The lowest BCUT2D eigenvalue weighted by molar-refractivity contribution is -0.125. The highest BCUT2D eigenvalue weighted by atomic mass is 16.1. The maximum absolute atomic E-state index is 12.3. The Labute approximate surface area is 90.2 Å². The number of hydrogen-bond donors (Lipinski definition) is 0. The van der Waals surface area contributed by atoms with Gasteiger partial charge in [0.25, 0.3) is 0 Å². The third-order valence-corrected chi connectivity index (χ3v) is 5.19. The van der Waals surface area contributed by atoms with E-state index < -0.39 is 0 Å². The zero-order valence-corrected chi connectivity index (χ0v) is 8.80. The van der Waals surface area contributed by atoms with Crippen molar-refractivity contribution in [3.8, 4) is 0 Å². The zero-order valence-electron chi connectivity index (χ0n) is 8.80. The average molecular weight is 200 g/mol. The van der Waals surface area contributed by atoms with E-state index in [0.717, 1.165) is 18.8 Å². The summed E-state index contributed by atoms with van der Waals surface area (Å²) in [6.07, 6.45) is 12.7. The molecule has 2 saturated carbocycles. The molecule has 4 rings (SSSR count). The Balaban J connectivity index is 1.78. The maximum atomic E-state index is 12.3. The molecule has 0 amide bonds. The second-order valence-corrected chi connectivity index (χ2v) is 5.67. The summed E-state index contributed by atoms with van der Waals surface area (Å²) in [6.45, 7) is 0. The highest BCUT2D eigenvalue weighted by Crippen LogP contribution is 2.60. The molecule has 6 atom stereocenters. The van der Waals surface area contributed by atoms with E-state index >= 15 is 0 Å². The first-order valence-corrected chi connectivity index (χ1v) is 6.23. The number of rotatable bonds is 0. The summed E-state index contributed by atoms with van der Waals surface area (Å²) in [5, 5.41) is 0. The minimum absolute atomic E-state index is 0.384. The second kappa shape index (κ2) is 2.63. The van der Waals surface area contributed by atoms with Crippen molar-refractivity contribution in [1.29, 1.82) is 0 Å². The van der Waals surface area contributed by atoms with Crippen LogP contribution in [0.2, 0.25) is 0 Å². The Morgan fingerprint density at radius 1 is 1.07 bits per heavy atom. The summed E-state index contributed by atoms with van der Waals surface area (Å²) in [7, 11) is 0. The van der Waals surface area contributed by atoms with Crippen LogP contribution in [-0.2, 0) is 4.79 Å². The number of ketones is 1. The van der Waals surface area contributed by atoms with Gasteiger partial charge in [0.1, 0.15) is 5.78 Å². The van der Waals surface area contributed by atoms with Gasteiger partial charge >= 0.3 is 0 Å². The molecule has 0 aliphatic heterocycles. The number of hydrogen-bond acceptors (Lipinski definition) is 1. The van der Waals surface area contributed by atoms with Crippen LogP contribution in [0.4, 0.5) is 0 Å². The molecule has 0 N–H and O–H groups in total. The van der Waals surface area contributed by atoms with Crippen LogP contribution in [-0.4, -0.2) is 5.78 Å². The molecule has 2 bridgehead atoms. The molecule has 4 aliphatic carbocycles. The SMILES string of the molecule is O=C1C2CC=CCC2C2C3C=C[C@H](C3)C12. The molecule has 0 radical (unpaired) electrons. The van der Waals surface area contributed by atoms with Gasteiger partial charge in [-0.2, -0.15) is 0 Å². The maximum Gasteiger partial charge on any atom is 0.140 e. The predicted molar refractivity (Wildman–Crippen MR) is 58.1 cm³/mol. The molecule has 2 fully saturated rings. The molecular formula is C14H16O. The zero-order chi connectivity index (χ0) is 9.99. The van der Waals surface area contributed by atoms with Crippen molar-refractivity contribution >= 4 is 5.78 Å². The van der Waals surface area contributed by atoms with E-state index in [9.17, 15) is 4.79 Å². The molecule has 78 valence electrons. The third-order valence-electron chi connectivity index (χ3n) is 5.19. The minimum Gasteiger partial charge on any atom is -0.299 e. The van der Waals surface area contributed by atoms with Crippen molar-refractivity contribution in [2.24, 2.45) is 35.5 Å². The van der Waals surface area contributed by atoms with Crippen LogP contribution in [0.15, 0.2) is 24.3 Å². The smallest absolute Gasteiger partial charge is 0.140 e. The first-order valence-electron chi connectivity index (χ1n) is 6.23. The van der Waals surface area contributed by atoms with Gasteiger partial charge in [0.15, 0.2) is 0 Å². The van der Waals surface area contributed by atoms with Gasteiger partial charge in [-0.25, -0.2) is 0 Å². The summed E-state index contributed by atoms with van der Waals surface area (Å²) < 4.78 is 0. The summed E-state index contributed by atoms with van der Waals surface area (Å²) in [4.78, 5) is 12.3. The van der Waals surface area contributed by atoms with Crippen molar-refractivity contribution < 1.29 is 4.79 Å². The molecule has 0 heterocycles. The molecular weight excluding hydrogens is 184 g/mol. The summed E-state index contributed by atoms with van der Waals surface area (Å²) in [6, 6.07) is 0. The fourth-order valence-corrected chi connectivity index (χ4v) is 4.68. The third kappa shape index (κ3) is 0.878. The monoisotopic (exact) mass is 200 g/mol. The minimum atomic E-state index is 0.384. The van der Waals surface area contributed by atoms with Crippen molar-refractivity contribution in [3.05, 3.63) is 24.3 Å². The van der Waals surface area contributed by atoms with E-state index in [2.05, 4.69) is 24.3 Å². The van der Waals surface area contributed by atoms with Gasteiger partial charge in [-0.15, -0.1) is 0 Å². The summed E-state index contributed by atoms with van der Waals surface area (Å²) >= 11 is 0. The molecule has 0 saturated heterocycles. The topological polar surface area (TPSA) is 17.1 Å². The van der Waals surface area contributed by atoms with Crippen molar-refractivity contribution in [2.75, 3.05) is 0 Å². The highest BCUT2D eigenvalue weighted by Gasteiger charge is 2.59. The van der Waals surface area contributed by atoms with Gasteiger partial charge in [0.05, 0.1) is 0 Å². The van der Waals surface area contributed by atoms with Crippen LogP contribution in [0.25, 0.3) is 0 Å². The molecule has 15 heavy (non-hydrogen) atoms. The molecule has 0 aromatic heterocycles. The number of fused-ring (bicyclic) bond motifs is 7. The number of allylic oxidation sites excluding steroid dienone is 4. The molecule has 0 aromatic carbocycles. The van der Waals surface area contributed by atoms with E-state index in [4.69, 9.17) is 0 Å². The largest absolute Gasteiger partial charge is 0.299 e. The normalized spacial score (nSPS) is 54.8. The number of carbonyl (C=O) groups is 1. The van der Waals surface area contributed by atoms with Crippen LogP contribution in [0, 0.1) is 35.5 Å². The molecule has 4 aliphatic rings. The van der Waals surface area contributed by atoms with Crippen molar-refractivity contribution in [2.45, 2.75) is 19.3 Å². The first kappa shape index (κ1) is 8.32. The van der Waals surface area contributed by atoms with Crippen LogP contribution in [0.5, 0.6) is 0 Å². The molecule has 0 aromatic rings.